The predicted octanol–water partition coefficient (Wildman–Crippen LogP) is 3.42. The van der Waals surface area contributed by atoms with E-state index in [1.807, 2.05) is 48.5 Å². The van der Waals surface area contributed by atoms with Gasteiger partial charge in [0, 0.05) is 12.5 Å². The maximum absolute atomic E-state index is 12.2. The third kappa shape index (κ3) is 6.74. The Morgan fingerprint density at radius 2 is 1.79 bits per heavy atom. The second-order valence-corrected chi connectivity index (χ2v) is 8.94. The highest BCUT2D eigenvalue weighted by molar-refractivity contribution is 7.20. The van der Waals surface area contributed by atoms with Gasteiger partial charge in [0.2, 0.25) is 0 Å². The van der Waals surface area contributed by atoms with Gasteiger partial charge in [-0.25, -0.2) is 4.98 Å². The number of ketones is 1. The van der Waals surface area contributed by atoms with E-state index in [1.165, 1.54) is 11.3 Å². The number of piperidine rings is 1. The Bertz CT molecular complexity index is 1040. The Morgan fingerprint density at radius 1 is 1.06 bits per heavy atom. The van der Waals surface area contributed by atoms with Gasteiger partial charge < -0.3 is 19.9 Å². The standard InChI is InChI=1S/C24H27N3O5S/c28-21(15-25-16-23(29)30)17-9-11-27(12-10-17)13-14-31-18-5-7-19(8-6-18)32-24-26-20-3-1-2-4-22(20)33-24/h1-8,17,25H,9-16H2,(H,29,30). The molecular weight excluding hydrogens is 442 g/mol. The van der Waals surface area contributed by atoms with Crippen molar-refractivity contribution in [2.75, 3.05) is 39.3 Å². The Morgan fingerprint density at radius 3 is 2.52 bits per heavy atom. The van der Waals surface area contributed by atoms with Crippen LogP contribution < -0.4 is 14.8 Å². The van der Waals surface area contributed by atoms with Gasteiger partial charge in [-0.2, -0.15) is 0 Å². The van der Waals surface area contributed by atoms with E-state index < -0.39 is 5.97 Å². The third-order valence-corrected chi connectivity index (χ3v) is 6.51. The summed E-state index contributed by atoms with van der Waals surface area (Å²) in [6.45, 7) is 2.98. The van der Waals surface area contributed by atoms with Crippen LogP contribution in [0.25, 0.3) is 10.2 Å². The molecular formula is C24H27N3O5S. The topological polar surface area (TPSA) is 101 Å². The number of carboxylic acids is 1. The molecule has 0 atom stereocenters. The summed E-state index contributed by atoms with van der Waals surface area (Å²) in [4.78, 5) is 29.5. The highest BCUT2D eigenvalue weighted by atomic mass is 32.1. The Labute approximate surface area is 196 Å². The minimum absolute atomic E-state index is 0.00596. The van der Waals surface area contributed by atoms with Crippen LogP contribution in [0, 0.1) is 5.92 Å². The van der Waals surface area contributed by atoms with Gasteiger partial charge >= 0.3 is 5.97 Å². The Balaban J connectivity index is 1.15. The van der Waals surface area contributed by atoms with Crippen molar-refractivity contribution in [3.63, 3.8) is 0 Å². The van der Waals surface area contributed by atoms with Crippen molar-refractivity contribution in [1.82, 2.24) is 15.2 Å². The van der Waals surface area contributed by atoms with E-state index in [9.17, 15) is 9.59 Å². The number of fused-ring (bicyclic) bond motifs is 1. The monoisotopic (exact) mass is 469 g/mol. The number of nitrogens with zero attached hydrogens (tertiary/aromatic N) is 2. The number of Topliss-reactive ketones (excluding diaryl/α,β-unsaturated/α-hetero) is 1. The van der Waals surface area contributed by atoms with Gasteiger partial charge in [-0.05, 0) is 62.3 Å². The molecule has 0 bridgehead atoms. The molecule has 2 N–H and O–H groups in total. The summed E-state index contributed by atoms with van der Waals surface area (Å²) in [5.41, 5.74) is 0.931. The number of carbonyl (C=O) groups is 2. The van der Waals surface area contributed by atoms with Gasteiger partial charge in [-0.15, -0.1) is 0 Å². The molecule has 1 aromatic heterocycles. The third-order valence-electron chi connectivity index (χ3n) is 5.60. The highest BCUT2D eigenvalue weighted by Crippen LogP contribution is 2.31. The molecule has 1 fully saturated rings. The van der Waals surface area contributed by atoms with Crippen LogP contribution in [-0.4, -0.2) is 66.1 Å². The first-order valence-corrected chi connectivity index (χ1v) is 11.8. The van der Waals surface area contributed by atoms with Crippen molar-refractivity contribution in [2.45, 2.75) is 12.8 Å². The van der Waals surface area contributed by atoms with Crippen molar-refractivity contribution in [1.29, 1.82) is 0 Å². The predicted molar refractivity (Wildman–Crippen MR) is 126 cm³/mol. The number of carbonyl (C=O) groups excluding carboxylic acids is 1. The zero-order chi connectivity index (χ0) is 23.0. The first-order chi connectivity index (χ1) is 16.1. The quantitative estimate of drug-likeness (QED) is 0.441. The molecule has 1 saturated heterocycles. The lowest BCUT2D eigenvalue weighted by Crippen LogP contribution is -2.41. The van der Waals surface area contributed by atoms with E-state index in [-0.39, 0.29) is 24.8 Å². The Kier molecular flexibility index (Phi) is 7.87. The van der Waals surface area contributed by atoms with Gasteiger partial charge in [0.1, 0.15) is 23.9 Å². The number of aliphatic carboxylic acids is 1. The molecule has 9 heteroatoms. The largest absolute Gasteiger partial charge is 0.492 e. The molecule has 2 heterocycles. The van der Waals surface area contributed by atoms with Gasteiger partial charge in [0.15, 0.2) is 0 Å². The molecule has 174 valence electrons. The Hall–Kier alpha value is -3.01. The maximum Gasteiger partial charge on any atom is 0.317 e. The average Bonchev–Trinajstić information content (AvgIpc) is 3.23. The smallest absolute Gasteiger partial charge is 0.317 e. The molecule has 8 nitrogen and oxygen atoms in total. The molecule has 4 rings (SSSR count). The van der Waals surface area contributed by atoms with E-state index in [4.69, 9.17) is 14.6 Å². The van der Waals surface area contributed by atoms with Crippen LogP contribution in [0.4, 0.5) is 0 Å². The first-order valence-electron chi connectivity index (χ1n) is 11.0. The number of likely N-dealkylation sites (tertiary alicyclic amines) is 1. The lowest BCUT2D eigenvalue weighted by molar-refractivity contribution is -0.136. The molecule has 1 aliphatic heterocycles. The fraction of sp³-hybridized carbons (Fsp3) is 0.375. The number of thiazole rings is 1. The lowest BCUT2D eigenvalue weighted by atomic mass is 9.92. The molecule has 0 saturated carbocycles. The SMILES string of the molecule is O=C(O)CNCC(=O)C1CCN(CCOc2ccc(Oc3nc4ccccc4s3)cc2)CC1. The van der Waals surface area contributed by atoms with Gasteiger partial charge in [0.25, 0.3) is 5.19 Å². The van der Waals surface area contributed by atoms with Crippen LogP contribution >= 0.6 is 11.3 Å². The van der Waals surface area contributed by atoms with Gasteiger partial charge in [-0.1, -0.05) is 23.5 Å². The minimum atomic E-state index is -0.951. The molecule has 0 spiro atoms. The number of carboxylic acid groups (broad SMARTS) is 1. The van der Waals surface area contributed by atoms with Crippen LogP contribution in [0.3, 0.4) is 0 Å². The van der Waals surface area contributed by atoms with E-state index >= 15 is 0 Å². The molecule has 0 aliphatic carbocycles. The molecule has 3 aromatic rings. The van der Waals surface area contributed by atoms with E-state index in [0.717, 1.165) is 48.4 Å². The fourth-order valence-electron chi connectivity index (χ4n) is 3.81. The van der Waals surface area contributed by atoms with Crippen LogP contribution in [0.1, 0.15) is 12.8 Å². The van der Waals surface area contributed by atoms with E-state index in [2.05, 4.69) is 15.2 Å². The molecule has 0 unspecified atom stereocenters. The molecule has 2 aromatic carbocycles. The number of hydrogen-bond donors (Lipinski definition) is 2. The molecule has 0 radical (unpaired) electrons. The van der Waals surface area contributed by atoms with Crippen LogP contribution in [0.5, 0.6) is 16.7 Å². The van der Waals surface area contributed by atoms with Gasteiger partial charge in [0.05, 0.1) is 23.3 Å². The lowest BCUT2D eigenvalue weighted by Gasteiger charge is -2.31. The summed E-state index contributed by atoms with van der Waals surface area (Å²) in [7, 11) is 0. The second kappa shape index (κ2) is 11.2. The number of para-hydroxylation sites is 1. The normalized spacial score (nSPS) is 14.9. The zero-order valence-electron chi connectivity index (χ0n) is 18.2. The van der Waals surface area contributed by atoms with E-state index in [1.54, 1.807) is 0 Å². The van der Waals surface area contributed by atoms with Crippen LogP contribution in [-0.2, 0) is 9.59 Å². The summed E-state index contributed by atoms with van der Waals surface area (Å²) in [5, 5.41) is 11.9. The summed E-state index contributed by atoms with van der Waals surface area (Å²) >= 11 is 1.51. The minimum Gasteiger partial charge on any atom is -0.492 e. The van der Waals surface area contributed by atoms with Crippen molar-refractivity contribution >= 4 is 33.3 Å². The highest BCUT2D eigenvalue weighted by Gasteiger charge is 2.24. The first kappa shape index (κ1) is 23.2. The van der Waals surface area contributed by atoms with Crippen molar-refractivity contribution in [3.8, 4) is 16.7 Å². The number of aromatic nitrogens is 1. The molecule has 33 heavy (non-hydrogen) atoms. The number of ether oxygens (including phenoxy) is 2. The number of benzene rings is 2. The summed E-state index contributed by atoms with van der Waals surface area (Å²) in [6.07, 6.45) is 1.59. The molecule has 0 amide bonds. The van der Waals surface area contributed by atoms with E-state index in [0.29, 0.717) is 17.6 Å². The van der Waals surface area contributed by atoms with Crippen LogP contribution in [0.2, 0.25) is 0 Å². The zero-order valence-corrected chi connectivity index (χ0v) is 19.1. The number of rotatable bonds is 11. The fourth-order valence-corrected chi connectivity index (χ4v) is 4.64. The number of nitrogens with one attached hydrogen (secondary N) is 1. The molecule has 1 aliphatic rings. The van der Waals surface area contributed by atoms with Crippen molar-refractivity contribution < 1.29 is 24.2 Å². The summed E-state index contributed by atoms with van der Waals surface area (Å²) < 4.78 is 12.8. The summed E-state index contributed by atoms with van der Waals surface area (Å²) in [6, 6.07) is 15.5. The maximum atomic E-state index is 12.2. The van der Waals surface area contributed by atoms with Crippen molar-refractivity contribution in [3.05, 3.63) is 48.5 Å². The van der Waals surface area contributed by atoms with Crippen molar-refractivity contribution in [2.24, 2.45) is 5.92 Å². The van der Waals surface area contributed by atoms with Gasteiger partial charge in [-0.3, -0.25) is 14.5 Å². The average molecular weight is 470 g/mol. The number of hydrogen-bond acceptors (Lipinski definition) is 8. The summed E-state index contributed by atoms with van der Waals surface area (Å²) in [5.74, 6) is 0.645. The second-order valence-electron chi connectivity index (χ2n) is 7.95. The van der Waals surface area contributed by atoms with Crippen LogP contribution in [0.15, 0.2) is 48.5 Å².